The second kappa shape index (κ2) is 7.53. The van der Waals surface area contributed by atoms with Gasteiger partial charge in [0, 0.05) is 5.38 Å². The van der Waals surface area contributed by atoms with E-state index >= 15 is 0 Å². The number of carbonyl (C=O) groups excluding carboxylic acids is 2. The van der Waals surface area contributed by atoms with Gasteiger partial charge < -0.3 is 15.9 Å². The van der Waals surface area contributed by atoms with Crippen LogP contribution < -0.4 is 11.1 Å². The maximum atomic E-state index is 12.6. The first kappa shape index (κ1) is 19.7. The normalized spacial score (nSPS) is 19.9. The minimum absolute atomic E-state index is 0.136. The van der Waals surface area contributed by atoms with Crippen molar-refractivity contribution in [2.75, 3.05) is 12.8 Å². The number of nitrogens with two attached hydrogens (primary N) is 1. The average Bonchev–Trinajstić information content (AvgIpc) is 3.07. The van der Waals surface area contributed by atoms with E-state index in [9.17, 15) is 22.6 Å². The second-order valence-electron chi connectivity index (χ2n) is 5.61. The molecule has 0 bridgehead atoms. The number of nitrogens with zero attached hydrogens (tertiary/aromatic N) is 3. The lowest BCUT2D eigenvalue weighted by Crippen LogP contribution is -2.67. The van der Waals surface area contributed by atoms with Crippen molar-refractivity contribution in [3.05, 3.63) is 47.0 Å². The Kier molecular flexibility index (Phi) is 5.31. The van der Waals surface area contributed by atoms with Crippen molar-refractivity contribution in [1.82, 2.24) is 14.6 Å². The van der Waals surface area contributed by atoms with Gasteiger partial charge in [-0.15, -0.1) is 11.3 Å². The Morgan fingerprint density at radius 2 is 2.07 bits per heavy atom. The topological polar surface area (TPSA) is 164 Å². The Labute approximate surface area is 163 Å². The predicted octanol–water partition coefficient (Wildman–Crippen LogP) is -0.0531. The van der Waals surface area contributed by atoms with Gasteiger partial charge in [-0.05, 0) is 5.56 Å². The van der Waals surface area contributed by atoms with Gasteiger partial charge >= 0.3 is 10.3 Å². The molecule has 2 amide bonds. The number of amides is 2. The molecule has 0 saturated carbocycles. The summed E-state index contributed by atoms with van der Waals surface area (Å²) >= 11 is 1.08. The summed E-state index contributed by atoms with van der Waals surface area (Å²) in [7, 11) is -3.58. The maximum absolute atomic E-state index is 12.6. The molecule has 148 valence electrons. The zero-order valence-corrected chi connectivity index (χ0v) is 16.0. The zero-order valence-electron chi connectivity index (χ0n) is 14.3. The van der Waals surface area contributed by atoms with Crippen LogP contribution in [0.3, 0.4) is 0 Å². The van der Waals surface area contributed by atoms with Crippen LogP contribution in [0.5, 0.6) is 0 Å². The van der Waals surface area contributed by atoms with Gasteiger partial charge in [-0.25, -0.2) is 9.29 Å². The summed E-state index contributed by atoms with van der Waals surface area (Å²) in [4.78, 5) is 33.6. The fourth-order valence-electron chi connectivity index (χ4n) is 2.74. The van der Waals surface area contributed by atoms with Crippen molar-refractivity contribution in [2.24, 2.45) is 5.16 Å². The van der Waals surface area contributed by atoms with Gasteiger partial charge in [0.25, 0.3) is 11.8 Å². The number of anilines is 1. The highest BCUT2D eigenvalue weighted by Crippen LogP contribution is 2.37. The number of hydrogen-bond donors (Lipinski definition) is 3. The molecule has 1 aromatic heterocycles. The molecule has 1 aliphatic heterocycles. The number of benzene rings is 1. The Hall–Kier alpha value is -3.03. The molecule has 2 atom stereocenters. The molecule has 28 heavy (non-hydrogen) atoms. The van der Waals surface area contributed by atoms with Crippen molar-refractivity contribution in [3.63, 3.8) is 0 Å². The largest absolute Gasteiger partial charge is 0.398 e. The van der Waals surface area contributed by atoms with E-state index in [0.717, 1.165) is 11.3 Å². The SMILES string of the molecule is CO/N=C(\C(=O)NC1C(=O)N(S(=O)(=O)O)C1c1ccccc1)c1csc(N)n1. The van der Waals surface area contributed by atoms with E-state index in [2.05, 4.69) is 20.3 Å². The van der Waals surface area contributed by atoms with Crippen molar-refractivity contribution in [1.29, 1.82) is 0 Å². The standard InChI is InChI=1S/C15H15N5O6S2/c1-26-19-10(9-7-27-15(16)17-9)13(21)18-11-12(8-5-3-2-4-6-8)20(14(11)22)28(23,24)25/h2-7,11-12H,1H3,(H2,16,17)(H,18,21)(H,23,24,25)/b19-10-. The highest BCUT2D eigenvalue weighted by molar-refractivity contribution is 7.84. The van der Waals surface area contributed by atoms with E-state index in [1.807, 2.05) is 0 Å². The lowest BCUT2D eigenvalue weighted by atomic mass is 9.91. The highest BCUT2D eigenvalue weighted by Gasteiger charge is 2.54. The van der Waals surface area contributed by atoms with Gasteiger partial charge in [0.15, 0.2) is 10.8 Å². The van der Waals surface area contributed by atoms with Crippen molar-refractivity contribution < 1.29 is 27.4 Å². The third-order valence-electron chi connectivity index (χ3n) is 3.89. The molecule has 3 rings (SSSR count). The minimum Gasteiger partial charge on any atom is -0.398 e. The molecular weight excluding hydrogens is 410 g/mol. The predicted molar refractivity (Wildman–Crippen MR) is 99.6 cm³/mol. The Morgan fingerprint density at radius 1 is 1.39 bits per heavy atom. The van der Waals surface area contributed by atoms with Crippen LogP contribution in [-0.4, -0.2) is 52.9 Å². The molecule has 11 nitrogen and oxygen atoms in total. The monoisotopic (exact) mass is 425 g/mol. The average molecular weight is 425 g/mol. The minimum atomic E-state index is -4.81. The summed E-state index contributed by atoms with van der Waals surface area (Å²) in [6.07, 6.45) is 0. The van der Waals surface area contributed by atoms with E-state index in [1.165, 1.54) is 12.5 Å². The van der Waals surface area contributed by atoms with Crippen LogP contribution >= 0.6 is 11.3 Å². The summed E-state index contributed by atoms with van der Waals surface area (Å²) in [6.45, 7) is 0. The molecule has 0 aliphatic carbocycles. The van der Waals surface area contributed by atoms with Gasteiger partial charge in [0.2, 0.25) is 0 Å². The number of aromatic nitrogens is 1. The fourth-order valence-corrected chi connectivity index (χ4v) is 4.16. The third kappa shape index (κ3) is 3.67. The van der Waals surface area contributed by atoms with Gasteiger partial charge in [-0.3, -0.25) is 14.1 Å². The first-order valence-electron chi connectivity index (χ1n) is 7.73. The number of oxime groups is 1. The number of thiazole rings is 1. The molecule has 2 unspecified atom stereocenters. The van der Waals surface area contributed by atoms with Crippen LogP contribution in [0.1, 0.15) is 17.3 Å². The second-order valence-corrected chi connectivity index (χ2v) is 7.79. The molecule has 2 heterocycles. The van der Waals surface area contributed by atoms with Crippen LogP contribution in [0.2, 0.25) is 0 Å². The quantitative estimate of drug-likeness (QED) is 0.251. The van der Waals surface area contributed by atoms with Crippen LogP contribution in [0.4, 0.5) is 5.13 Å². The Bertz CT molecular complexity index is 1040. The van der Waals surface area contributed by atoms with Crippen molar-refractivity contribution in [2.45, 2.75) is 12.1 Å². The van der Waals surface area contributed by atoms with Crippen molar-refractivity contribution >= 4 is 44.3 Å². The van der Waals surface area contributed by atoms with Gasteiger partial charge in [0.1, 0.15) is 24.9 Å². The first-order valence-corrected chi connectivity index (χ1v) is 10.0. The molecule has 0 spiro atoms. The zero-order chi connectivity index (χ0) is 20.5. The third-order valence-corrected chi connectivity index (χ3v) is 5.47. The number of rotatable bonds is 6. The molecule has 1 fully saturated rings. The molecule has 1 aliphatic rings. The smallest absolute Gasteiger partial charge is 0.362 e. The molecule has 0 radical (unpaired) electrons. The Balaban J connectivity index is 1.90. The molecule has 1 saturated heterocycles. The molecule has 1 aromatic carbocycles. The summed E-state index contributed by atoms with van der Waals surface area (Å²) < 4.78 is 32.8. The summed E-state index contributed by atoms with van der Waals surface area (Å²) in [5, 5.41) is 7.71. The maximum Gasteiger partial charge on any atom is 0.362 e. The molecular formula is C15H15N5O6S2. The van der Waals surface area contributed by atoms with Crippen LogP contribution in [-0.2, 0) is 24.7 Å². The lowest BCUT2D eigenvalue weighted by Gasteiger charge is -2.44. The van der Waals surface area contributed by atoms with E-state index < -0.39 is 34.2 Å². The van der Waals surface area contributed by atoms with E-state index in [-0.39, 0.29) is 16.5 Å². The van der Waals surface area contributed by atoms with E-state index in [0.29, 0.717) is 9.87 Å². The van der Waals surface area contributed by atoms with Gasteiger partial charge in [-0.2, -0.15) is 8.42 Å². The number of nitrogens with one attached hydrogen (secondary N) is 1. The lowest BCUT2D eigenvalue weighted by molar-refractivity contribution is -0.145. The Morgan fingerprint density at radius 3 is 2.61 bits per heavy atom. The summed E-state index contributed by atoms with van der Waals surface area (Å²) in [5.41, 5.74) is 5.87. The molecule has 4 N–H and O–H groups in total. The first-order chi connectivity index (χ1) is 13.2. The fraction of sp³-hybridized carbons (Fsp3) is 0.200. The molecule has 13 heteroatoms. The number of carbonyl (C=O) groups is 2. The van der Waals surface area contributed by atoms with Crippen LogP contribution in [0.25, 0.3) is 0 Å². The van der Waals surface area contributed by atoms with Crippen LogP contribution in [0, 0.1) is 0 Å². The van der Waals surface area contributed by atoms with Crippen LogP contribution in [0.15, 0.2) is 40.9 Å². The van der Waals surface area contributed by atoms with Gasteiger partial charge in [0.05, 0.1) is 0 Å². The highest BCUT2D eigenvalue weighted by atomic mass is 32.2. The summed E-state index contributed by atoms with van der Waals surface area (Å²) in [6, 6.07) is 5.75. The van der Waals surface area contributed by atoms with Crippen molar-refractivity contribution in [3.8, 4) is 0 Å². The van der Waals surface area contributed by atoms with Gasteiger partial charge in [-0.1, -0.05) is 35.5 Å². The molecule has 2 aromatic rings. The number of β-lactam (4-membered cyclic amide) rings is 1. The number of nitrogen functional groups attached to an aromatic ring is 1. The van der Waals surface area contributed by atoms with E-state index in [4.69, 9.17) is 5.73 Å². The van der Waals surface area contributed by atoms with E-state index in [1.54, 1.807) is 30.3 Å². The summed E-state index contributed by atoms with van der Waals surface area (Å²) in [5.74, 6) is -1.80. The number of hydrogen-bond acceptors (Lipinski definition) is 9.